The Labute approximate surface area is 158 Å². The lowest BCUT2D eigenvalue weighted by Gasteiger charge is -2.21. The van der Waals surface area contributed by atoms with E-state index in [1.807, 2.05) is 17.5 Å². The fourth-order valence-corrected chi connectivity index (χ4v) is 3.42. The fraction of sp³-hybridized carbons (Fsp3) is 0.167. The molecule has 134 valence electrons. The Kier molecular flexibility index (Phi) is 5.70. The van der Waals surface area contributed by atoms with E-state index in [-0.39, 0.29) is 22.8 Å². The summed E-state index contributed by atoms with van der Waals surface area (Å²) in [5.74, 6) is 0.154. The molecule has 0 saturated heterocycles. The molecule has 0 unspecified atom stereocenters. The monoisotopic (exact) mass is 390 g/mol. The molecule has 0 aliphatic heterocycles. The summed E-state index contributed by atoms with van der Waals surface area (Å²) in [6.07, 6.45) is 2.18. The summed E-state index contributed by atoms with van der Waals surface area (Å²) >= 11 is 7.56. The Balaban J connectivity index is 1.88. The van der Waals surface area contributed by atoms with Gasteiger partial charge in [-0.2, -0.15) is 0 Å². The van der Waals surface area contributed by atoms with Crippen LogP contribution >= 0.6 is 22.9 Å². The first kappa shape index (κ1) is 18.2. The van der Waals surface area contributed by atoms with Crippen molar-refractivity contribution in [2.75, 3.05) is 6.54 Å². The van der Waals surface area contributed by atoms with Crippen molar-refractivity contribution >= 4 is 34.5 Å². The average molecular weight is 391 g/mol. The van der Waals surface area contributed by atoms with Crippen molar-refractivity contribution in [1.82, 2.24) is 4.90 Å². The van der Waals surface area contributed by atoms with Crippen molar-refractivity contribution in [3.63, 3.8) is 0 Å². The standard InChI is InChI=1S/C18H15ClN2O4S/c19-13-5-6-17(21(23)24)16(11-13)18(22)20(12-14-3-1-9-25-14)8-7-15-4-2-10-26-15/h1-6,9-11H,7-8,12H2. The van der Waals surface area contributed by atoms with Crippen LogP contribution in [0.2, 0.25) is 5.02 Å². The summed E-state index contributed by atoms with van der Waals surface area (Å²) in [4.78, 5) is 26.4. The van der Waals surface area contributed by atoms with Gasteiger partial charge in [0.15, 0.2) is 0 Å². The Morgan fingerprint density at radius 2 is 2.12 bits per heavy atom. The Bertz CT molecular complexity index is 894. The maximum Gasteiger partial charge on any atom is 0.282 e. The third-order valence-electron chi connectivity index (χ3n) is 3.81. The molecule has 2 heterocycles. The quantitative estimate of drug-likeness (QED) is 0.429. The molecule has 0 N–H and O–H groups in total. The Morgan fingerprint density at radius 3 is 2.77 bits per heavy atom. The molecule has 0 aliphatic rings. The van der Waals surface area contributed by atoms with Crippen molar-refractivity contribution in [2.24, 2.45) is 0 Å². The zero-order valence-electron chi connectivity index (χ0n) is 13.6. The fourth-order valence-electron chi connectivity index (χ4n) is 2.55. The van der Waals surface area contributed by atoms with Crippen LogP contribution in [0, 0.1) is 10.1 Å². The molecule has 0 atom stereocenters. The van der Waals surface area contributed by atoms with Crippen molar-refractivity contribution in [1.29, 1.82) is 0 Å². The maximum atomic E-state index is 13.0. The predicted molar refractivity (Wildman–Crippen MR) is 99.6 cm³/mol. The summed E-state index contributed by atoms with van der Waals surface area (Å²) in [6.45, 7) is 0.630. The van der Waals surface area contributed by atoms with Crippen LogP contribution in [0.4, 0.5) is 5.69 Å². The molecular weight excluding hydrogens is 376 g/mol. The number of nitrogens with zero attached hydrogens (tertiary/aromatic N) is 2. The number of nitro benzene ring substituents is 1. The van der Waals surface area contributed by atoms with E-state index >= 15 is 0 Å². The molecular formula is C18H15ClN2O4S. The van der Waals surface area contributed by atoms with E-state index in [0.717, 1.165) is 4.88 Å². The second-order valence-corrected chi connectivity index (χ2v) is 7.02. The summed E-state index contributed by atoms with van der Waals surface area (Å²) < 4.78 is 5.34. The van der Waals surface area contributed by atoms with E-state index in [4.69, 9.17) is 16.0 Å². The van der Waals surface area contributed by atoms with Gasteiger partial charge in [-0.3, -0.25) is 14.9 Å². The Hall–Kier alpha value is -2.64. The zero-order valence-corrected chi connectivity index (χ0v) is 15.2. The molecule has 0 saturated carbocycles. The lowest BCUT2D eigenvalue weighted by atomic mass is 10.1. The zero-order chi connectivity index (χ0) is 18.5. The predicted octanol–water partition coefficient (Wildman–Crippen LogP) is 4.79. The van der Waals surface area contributed by atoms with Crippen LogP contribution in [0.15, 0.2) is 58.5 Å². The molecule has 0 bridgehead atoms. The molecule has 6 nitrogen and oxygen atoms in total. The number of nitro groups is 1. The van der Waals surface area contributed by atoms with Crippen LogP contribution in [0.25, 0.3) is 0 Å². The van der Waals surface area contributed by atoms with Gasteiger partial charge in [0.25, 0.3) is 11.6 Å². The molecule has 3 rings (SSSR count). The van der Waals surface area contributed by atoms with Crippen LogP contribution in [0.3, 0.4) is 0 Å². The molecule has 0 fully saturated rings. The highest BCUT2D eigenvalue weighted by Crippen LogP contribution is 2.25. The number of hydrogen-bond donors (Lipinski definition) is 0. The minimum Gasteiger partial charge on any atom is -0.467 e. The highest BCUT2D eigenvalue weighted by Gasteiger charge is 2.25. The second kappa shape index (κ2) is 8.16. The number of halogens is 1. The van der Waals surface area contributed by atoms with Gasteiger partial charge in [-0.1, -0.05) is 17.7 Å². The minimum atomic E-state index is -0.575. The van der Waals surface area contributed by atoms with Crippen LogP contribution in [0.1, 0.15) is 21.0 Å². The largest absolute Gasteiger partial charge is 0.467 e. The van der Waals surface area contributed by atoms with Gasteiger partial charge in [0, 0.05) is 22.5 Å². The third-order valence-corrected chi connectivity index (χ3v) is 4.98. The minimum absolute atomic E-state index is 0.0276. The van der Waals surface area contributed by atoms with Crippen LogP contribution in [0.5, 0.6) is 0 Å². The van der Waals surface area contributed by atoms with Crippen LogP contribution in [-0.4, -0.2) is 22.3 Å². The molecule has 1 amide bonds. The molecule has 8 heteroatoms. The van der Waals surface area contributed by atoms with Gasteiger partial charge in [0.05, 0.1) is 17.7 Å². The normalized spacial score (nSPS) is 10.7. The number of rotatable bonds is 7. The van der Waals surface area contributed by atoms with Crippen LogP contribution < -0.4 is 0 Å². The van der Waals surface area contributed by atoms with Crippen molar-refractivity contribution in [2.45, 2.75) is 13.0 Å². The van der Waals surface area contributed by atoms with Crippen molar-refractivity contribution in [3.05, 3.63) is 85.4 Å². The molecule has 2 aromatic heterocycles. The maximum absolute atomic E-state index is 13.0. The number of thiophene rings is 1. The smallest absolute Gasteiger partial charge is 0.282 e. The van der Waals surface area contributed by atoms with Gasteiger partial charge >= 0.3 is 0 Å². The van der Waals surface area contributed by atoms with E-state index in [1.54, 1.807) is 23.5 Å². The summed E-state index contributed by atoms with van der Waals surface area (Å²) in [5.41, 5.74) is -0.291. The van der Waals surface area contributed by atoms with Gasteiger partial charge in [0.1, 0.15) is 11.3 Å². The number of benzene rings is 1. The average Bonchev–Trinajstić information content (AvgIpc) is 3.31. The van der Waals surface area contributed by atoms with Gasteiger partial charge in [-0.15, -0.1) is 11.3 Å². The number of amides is 1. The SMILES string of the molecule is O=C(c1cc(Cl)ccc1[N+](=O)[O-])N(CCc1cccs1)Cc1ccco1. The van der Waals surface area contributed by atoms with Gasteiger partial charge in [-0.25, -0.2) is 0 Å². The summed E-state index contributed by atoms with van der Waals surface area (Å²) in [5, 5.41) is 13.5. The number of hydrogen-bond acceptors (Lipinski definition) is 5. The van der Waals surface area contributed by atoms with Gasteiger partial charge in [-0.05, 0) is 42.1 Å². The first-order valence-electron chi connectivity index (χ1n) is 7.82. The third kappa shape index (κ3) is 4.30. The number of furan rings is 1. The van der Waals surface area contributed by atoms with Gasteiger partial charge < -0.3 is 9.32 Å². The van der Waals surface area contributed by atoms with Crippen molar-refractivity contribution < 1.29 is 14.1 Å². The number of carbonyl (C=O) groups is 1. The topological polar surface area (TPSA) is 76.6 Å². The highest BCUT2D eigenvalue weighted by atomic mass is 35.5. The van der Waals surface area contributed by atoms with Crippen molar-refractivity contribution in [3.8, 4) is 0 Å². The molecule has 3 aromatic rings. The van der Waals surface area contributed by atoms with E-state index in [0.29, 0.717) is 18.7 Å². The molecule has 0 spiro atoms. The van der Waals surface area contributed by atoms with E-state index in [2.05, 4.69) is 0 Å². The lowest BCUT2D eigenvalue weighted by Crippen LogP contribution is -2.32. The highest BCUT2D eigenvalue weighted by molar-refractivity contribution is 7.09. The lowest BCUT2D eigenvalue weighted by molar-refractivity contribution is -0.385. The summed E-state index contributed by atoms with van der Waals surface area (Å²) in [7, 11) is 0. The molecule has 26 heavy (non-hydrogen) atoms. The van der Waals surface area contributed by atoms with E-state index in [9.17, 15) is 14.9 Å². The first-order chi connectivity index (χ1) is 12.5. The van der Waals surface area contributed by atoms with E-state index in [1.165, 1.54) is 29.4 Å². The second-order valence-electron chi connectivity index (χ2n) is 5.55. The molecule has 0 aliphatic carbocycles. The van der Waals surface area contributed by atoms with E-state index < -0.39 is 10.8 Å². The summed E-state index contributed by atoms with van der Waals surface area (Å²) in [6, 6.07) is 11.4. The van der Waals surface area contributed by atoms with Crippen LogP contribution in [-0.2, 0) is 13.0 Å². The Morgan fingerprint density at radius 1 is 1.27 bits per heavy atom. The first-order valence-corrected chi connectivity index (χ1v) is 9.08. The molecule has 1 aromatic carbocycles. The number of carbonyl (C=O) groups excluding carboxylic acids is 1. The molecule has 0 radical (unpaired) electrons. The van der Waals surface area contributed by atoms with Gasteiger partial charge in [0.2, 0.25) is 0 Å².